The SMILES string of the molecule is CCCCCCCC/C=C\CCCCCCCCOC(=O)CCCCCCCCCCC.[NaH]. The van der Waals surface area contributed by atoms with E-state index in [-0.39, 0.29) is 35.5 Å². The minimum atomic E-state index is 0. The Kier molecular flexibility index (Phi) is 34.5. The summed E-state index contributed by atoms with van der Waals surface area (Å²) in [5.74, 6) is 0.0145. The van der Waals surface area contributed by atoms with Crippen LogP contribution in [-0.2, 0) is 9.53 Å². The molecule has 0 N–H and O–H groups in total. The molecule has 0 spiro atoms. The van der Waals surface area contributed by atoms with Gasteiger partial charge in [0.25, 0.3) is 0 Å². The standard InChI is InChI=1S/C30H58O2.Na.H/c1-3-5-7-9-11-13-14-15-16-17-18-19-21-23-25-27-29-32-30(31)28-26-24-22-20-12-10-8-6-4-2;;/h15-16H,3-14,17-29H2,1-2H3;;/b16-15-;;. The number of ether oxygens (including phenoxy) is 1. The van der Waals surface area contributed by atoms with Crippen LogP contribution in [-0.4, -0.2) is 42.1 Å². The molecule has 0 bridgehead atoms. The maximum absolute atomic E-state index is 11.8. The molecule has 3 heteroatoms. The number of allylic oxidation sites excluding steroid dienone is 2. The quantitative estimate of drug-likeness (QED) is 0.0539. The van der Waals surface area contributed by atoms with Crippen molar-refractivity contribution in [2.24, 2.45) is 0 Å². The van der Waals surface area contributed by atoms with Gasteiger partial charge < -0.3 is 4.74 Å². The summed E-state index contributed by atoms with van der Waals surface area (Å²) < 4.78 is 5.39. The number of hydrogen-bond acceptors (Lipinski definition) is 2. The van der Waals surface area contributed by atoms with Crippen LogP contribution in [0.1, 0.15) is 168 Å². The number of hydrogen-bond donors (Lipinski definition) is 0. The fourth-order valence-corrected chi connectivity index (χ4v) is 4.19. The van der Waals surface area contributed by atoms with E-state index >= 15 is 0 Å². The first-order valence-electron chi connectivity index (χ1n) is 14.6. The van der Waals surface area contributed by atoms with E-state index in [9.17, 15) is 4.79 Å². The van der Waals surface area contributed by atoms with Crippen LogP contribution in [0.2, 0.25) is 0 Å². The molecular formula is C30H59NaO2. The van der Waals surface area contributed by atoms with Crippen molar-refractivity contribution in [2.45, 2.75) is 168 Å². The molecule has 0 aromatic heterocycles. The van der Waals surface area contributed by atoms with Crippen LogP contribution in [0.25, 0.3) is 0 Å². The van der Waals surface area contributed by atoms with Crippen LogP contribution >= 0.6 is 0 Å². The van der Waals surface area contributed by atoms with E-state index < -0.39 is 0 Å². The van der Waals surface area contributed by atoms with Crippen LogP contribution in [0, 0.1) is 0 Å². The van der Waals surface area contributed by atoms with Gasteiger partial charge in [-0.3, -0.25) is 4.79 Å². The van der Waals surface area contributed by atoms with Crippen molar-refractivity contribution in [3.8, 4) is 0 Å². The van der Waals surface area contributed by atoms with Crippen LogP contribution < -0.4 is 0 Å². The van der Waals surface area contributed by atoms with E-state index in [1.165, 1.54) is 135 Å². The Morgan fingerprint density at radius 2 is 0.879 bits per heavy atom. The van der Waals surface area contributed by atoms with Gasteiger partial charge in [-0.05, 0) is 38.5 Å². The number of carbonyl (C=O) groups is 1. The normalized spacial score (nSPS) is 11.1. The molecule has 0 radical (unpaired) electrons. The Bertz CT molecular complexity index is 395. The van der Waals surface area contributed by atoms with Gasteiger partial charge in [0.05, 0.1) is 6.61 Å². The summed E-state index contributed by atoms with van der Waals surface area (Å²) in [7, 11) is 0. The van der Waals surface area contributed by atoms with Crippen molar-refractivity contribution in [3.63, 3.8) is 0 Å². The zero-order chi connectivity index (χ0) is 23.4. The fraction of sp³-hybridized carbons (Fsp3) is 0.900. The third-order valence-corrected chi connectivity index (χ3v) is 6.40. The number of unbranched alkanes of at least 4 members (excludes halogenated alkanes) is 20. The first kappa shape index (κ1) is 35.4. The van der Waals surface area contributed by atoms with Crippen molar-refractivity contribution < 1.29 is 9.53 Å². The number of carbonyl (C=O) groups excluding carboxylic acids is 1. The van der Waals surface area contributed by atoms with E-state index in [0.29, 0.717) is 13.0 Å². The summed E-state index contributed by atoms with van der Waals surface area (Å²) in [4.78, 5) is 11.8. The second-order valence-corrected chi connectivity index (χ2v) is 9.74. The van der Waals surface area contributed by atoms with Gasteiger partial charge >= 0.3 is 35.5 Å². The molecule has 0 rings (SSSR count). The Balaban J connectivity index is 0. The molecule has 0 saturated heterocycles. The zero-order valence-electron chi connectivity index (χ0n) is 22.1. The second-order valence-electron chi connectivity index (χ2n) is 9.74. The predicted molar refractivity (Wildman–Crippen MR) is 149 cm³/mol. The number of rotatable bonds is 26. The van der Waals surface area contributed by atoms with Crippen molar-refractivity contribution in [1.82, 2.24) is 0 Å². The van der Waals surface area contributed by atoms with Crippen LogP contribution in [0.3, 0.4) is 0 Å². The topological polar surface area (TPSA) is 26.3 Å². The van der Waals surface area contributed by atoms with Crippen molar-refractivity contribution in [2.75, 3.05) is 6.61 Å². The van der Waals surface area contributed by atoms with E-state index in [1.807, 2.05) is 0 Å². The van der Waals surface area contributed by atoms with E-state index in [1.54, 1.807) is 0 Å². The molecule has 0 aliphatic heterocycles. The maximum atomic E-state index is 11.8. The third-order valence-electron chi connectivity index (χ3n) is 6.40. The molecule has 0 aliphatic rings. The Hall–Kier alpha value is 0.210. The van der Waals surface area contributed by atoms with Crippen LogP contribution in [0.5, 0.6) is 0 Å². The van der Waals surface area contributed by atoms with Crippen LogP contribution in [0.4, 0.5) is 0 Å². The summed E-state index contributed by atoms with van der Waals surface area (Å²) in [5.41, 5.74) is 0. The molecule has 0 atom stereocenters. The van der Waals surface area contributed by atoms with Gasteiger partial charge in [-0.15, -0.1) is 0 Å². The van der Waals surface area contributed by atoms with Gasteiger partial charge in [0.15, 0.2) is 0 Å². The third kappa shape index (κ3) is 32.2. The molecule has 0 aromatic rings. The Morgan fingerprint density at radius 1 is 0.515 bits per heavy atom. The van der Waals surface area contributed by atoms with E-state index in [0.717, 1.165) is 12.8 Å². The number of esters is 1. The summed E-state index contributed by atoms with van der Waals surface area (Å²) >= 11 is 0. The van der Waals surface area contributed by atoms with Gasteiger partial charge in [0, 0.05) is 6.42 Å². The summed E-state index contributed by atoms with van der Waals surface area (Å²) in [6, 6.07) is 0. The molecule has 2 nitrogen and oxygen atoms in total. The average molecular weight is 475 g/mol. The Morgan fingerprint density at radius 3 is 1.33 bits per heavy atom. The van der Waals surface area contributed by atoms with E-state index in [2.05, 4.69) is 26.0 Å². The van der Waals surface area contributed by atoms with Gasteiger partial charge in [-0.2, -0.15) is 0 Å². The minimum absolute atomic E-state index is 0. The van der Waals surface area contributed by atoms with Gasteiger partial charge in [-0.1, -0.05) is 135 Å². The monoisotopic (exact) mass is 474 g/mol. The Labute approximate surface area is 230 Å². The predicted octanol–water partition coefficient (Wildman–Crippen LogP) is 9.84. The average Bonchev–Trinajstić information content (AvgIpc) is 2.80. The summed E-state index contributed by atoms with van der Waals surface area (Å²) in [5, 5.41) is 0. The molecule has 33 heavy (non-hydrogen) atoms. The van der Waals surface area contributed by atoms with Gasteiger partial charge in [-0.25, -0.2) is 0 Å². The molecular weight excluding hydrogens is 415 g/mol. The zero-order valence-corrected chi connectivity index (χ0v) is 22.1. The van der Waals surface area contributed by atoms with Crippen molar-refractivity contribution >= 4 is 35.5 Å². The summed E-state index contributed by atoms with van der Waals surface area (Å²) in [6.45, 7) is 5.16. The molecule has 0 aliphatic carbocycles. The molecule has 0 fully saturated rings. The van der Waals surface area contributed by atoms with Crippen LogP contribution in [0.15, 0.2) is 12.2 Å². The van der Waals surface area contributed by atoms with E-state index in [4.69, 9.17) is 4.74 Å². The van der Waals surface area contributed by atoms with Crippen molar-refractivity contribution in [1.29, 1.82) is 0 Å². The van der Waals surface area contributed by atoms with Gasteiger partial charge in [0.2, 0.25) is 0 Å². The molecule has 192 valence electrons. The summed E-state index contributed by atoms with van der Waals surface area (Å²) in [6.07, 6.45) is 35.3. The second kappa shape index (κ2) is 32.2. The van der Waals surface area contributed by atoms with Gasteiger partial charge in [0.1, 0.15) is 0 Å². The molecule has 0 aromatic carbocycles. The molecule has 0 heterocycles. The fourth-order valence-electron chi connectivity index (χ4n) is 4.19. The first-order valence-corrected chi connectivity index (χ1v) is 14.6. The van der Waals surface area contributed by atoms with Crippen molar-refractivity contribution in [3.05, 3.63) is 12.2 Å². The molecule has 0 saturated carbocycles. The molecule has 0 unspecified atom stereocenters. The molecule has 0 amide bonds. The first-order chi connectivity index (χ1) is 15.8.